The predicted octanol–water partition coefficient (Wildman–Crippen LogP) is 2.69. The number of carbonyl (C=O) groups is 1. The zero-order chi connectivity index (χ0) is 15.5. The van der Waals surface area contributed by atoms with Crippen LogP contribution in [0.1, 0.15) is 55.5 Å². The number of hydrogen-bond acceptors (Lipinski definition) is 3. The fourth-order valence-corrected chi connectivity index (χ4v) is 3.18. The molecule has 1 aliphatic carbocycles. The number of nitrogens with two attached hydrogens (primary N) is 1. The van der Waals surface area contributed by atoms with Gasteiger partial charge in [0, 0.05) is 18.2 Å². The summed E-state index contributed by atoms with van der Waals surface area (Å²) >= 11 is 0. The SMILES string of the molecule is CN(Cc1ccccc1C(=O)NN)C1CCC(C)(C)CC1. The lowest BCUT2D eigenvalue weighted by Gasteiger charge is -2.38. The van der Waals surface area contributed by atoms with Gasteiger partial charge in [0.25, 0.3) is 5.91 Å². The lowest BCUT2D eigenvalue weighted by atomic mass is 9.75. The largest absolute Gasteiger partial charge is 0.299 e. The van der Waals surface area contributed by atoms with Crippen molar-refractivity contribution in [1.82, 2.24) is 10.3 Å². The van der Waals surface area contributed by atoms with Gasteiger partial charge < -0.3 is 0 Å². The van der Waals surface area contributed by atoms with Gasteiger partial charge in [-0.15, -0.1) is 0 Å². The Bertz CT molecular complexity index is 489. The van der Waals surface area contributed by atoms with Crippen LogP contribution in [0.5, 0.6) is 0 Å². The monoisotopic (exact) mass is 289 g/mol. The Kier molecular flexibility index (Phi) is 5.01. The second-order valence-electron chi connectivity index (χ2n) is 6.94. The third-order valence-electron chi connectivity index (χ3n) is 4.74. The highest BCUT2D eigenvalue weighted by Crippen LogP contribution is 2.36. The Morgan fingerprint density at radius 2 is 1.95 bits per heavy atom. The maximum absolute atomic E-state index is 11.8. The van der Waals surface area contributed by atoms with E-state index in [0.717, 1.165) is 12.1 Å². The van der Waals surface area contributed by atoms with E-state index in [9.17, 15) is 4.79 Å². The predicted molar refractivity (Wildman–Crippen MR) is 85.6 cm³/mol. The molecule has 0 unspecified atom stereocenters. The fourth-order valence-electron chi connectivity index (χ4n) is 3.18. The first-order chi connectivity index (χ1) is 9.93. The number of nitrogens with one attached hydrogen (secondary N) is 1. The van der Waals surface area contributed by atoms with Gasteiger partial charge >= 0.3 is 0 Å². The van der Waals surface area contributed by atoms with Crippen molar-refractivity contribution in [2.45, 2.75) is 52.1 Å². The number of rotatable bonds is 4. The molecular weight excluding hydrogens is 262 g/mol. The van der Waals surface area contributed by atoms with Crippen LogP contribution in [0.15, 0.2) is 24.3 Å². The normalized spacial score (nSPS) is 18.7. The molecule has 116 valence electrons. The average molecular weight is 289 g/mol. The minimum atomic E-state index is -0.219. The molecule has 4 heteroatoms. The van der Waals surface area contributed by atoms with Gasteiger partial charge in [0.1, 0.15) is 0 Å². The van der Waals surface area contributed by atoms with Crippen LogP contribution in [0.2, 0.25) is 0 Å². The molecule has 4 nitrogen and oxygen atoms in total. The van der Waals surface area contributed by atoms with E-state index in [-0.39, 0.29) is 5.91 Å². The summed E-state index contributed by atoms with van der Waals surface area (Å²) in [6.45, 7) is 5.49. The molecule has 0 atom stereocenters. The Labute approximate surface area is 127 Å². The van der Waals surface area contributed by atoms with Crippen LogP contribution in [0.25, 0.3) is 0 Å². The van der Waals surface area contributed by atoms with Crippen molar-refractivity contribution in [3.05, 3.63) is 35.4 Å². The number of amides is 1. The summed E-state index contributed by atoms with van der Waals surface area (Å²) in [4.78, 5) is 14.2. The van der Waals surface area contributed by atoms with E-state index < -0.39 is 0 Å². The molecule has 3 N–H and O–H groups in total. The van der Waals surface area contributed by atoms with Crippen LogP contribution in [-0.2, 0) is 6.54 Å². The Balaban J connectivity index is 2.03. The minimum Gasteiger partial charge on any atom is -0.299 e. The van der Waals surface area contributed by atoms with Gasteiger partial charge in [-0.25, -0.2) is 5.84 Å². The summed E-state index contributed by atoms with van der Waals surface area (Å²) in [7, 11) is 2.15. The van der Waals surface area contributed by atoms with Crippen molar-refractivity contribution < 1.29 is 4.79 Å². The fraction of sp³-hybridized carbons (Fsp3) is 0.588. The first kappa shape index (κ1) is 16.0. The van der Waals surface area contributed by atoms with Gasteiger partial charge in [-0.1, -0.05) is 32.0 Å². The molecule has 1 saturated carbocycles. The molecule has 1 fully saturated rings. The second-order valence-corrected chi connectivity index (χ2v) is 6.94. The lowest BCUT2D eigenvalue weighted by molar-refractivity contribution is 0.0948. The van der Waals surface area contributed by atoms with Gasteiger partial charge in [0.15, 0.2) is 0 Å². The third kappa shape index (κ3) is 4.05. The van der Waals surface area contributed by atoms with Crippen molar-refractivity contribution in [2.75, 3.05) is 7.05 Å². The highest BCUT2D eigenvalue weighted by atomic mass is 16.2. The summed E-state index contributed by atoms with van der Waals surface area (Å²) in [5.74, 6) is 5.04. The van der Waals surface area contributed by atoms with Crippen LogP contribution >= 0.6 is 0 Å². The smallest absolute Gasteiger partial charge is 0.265 e. The molecule has 0 heterocycles. The lowest BCUT2D eigenvalue weighted by Crippen LogP contribution is -2.37. The van der Waals surface area contributed by atoms with Crippen molar-refractivity contribution in [3.63, 3.8) is 0 Å². The molecule has 0 radical (unpaired) electrons. The molecular formula is C17H27N3O. The Morgan fingerprint density at radius 1 is 1.33 bits per heavy atom. The molecule has 0 aliphatic heterocycles. The maximum Gasteiger partial charge on any atom is 0.265 e. The first-order valence-corrected chi connectivity index (χ1v) is 7.72. The highest BCUT2D eigenvalue weighted by Gasteiger charge is 2.29. The van der Waals surface area contributed by atoms with E-state index >= 15 is 0 Å². The topological polar surface area (TPSA) is 58.4 Å². The van der Waals surface area contributed by atoms with Crippen LogP contribution in [0.4, 0.5) is 0 Å². The van der Waals surface area contributed by atoms with Crippen LogP contribution < -0.4 is 11.3 Å². The zero-order valence-electron chi connectivity index (χ0n) is 13.4. The van der Waals surface area contributed by atoms with Gasteiger partial charge in [0.05, 0.1) is 0 Å². The van der Waals surface area contributed by atoms with Crippen molar-refractivity contribution in [2.24, 2.45) is 11.3 Å². The van der Waals surface area contributed by atoms with E-state index in [4.69, 9.17) is 5.84 Å². The summed E-state index contributed by atoms with van der Waals surface area (Å²) in [6.07, 6.45) is 5.00. The average Bonchev–Trinajstić information content (AvgIpc) is 2.46. The van der Waals surface area contributed by atoms with Crippen molar-refractivity contribution in [3.8, 4) is 0 Å². The third-order valence-corrected chi connectivity index (χ3v) is 4.74. The Morgan fingerprint density at radius 3 is 2.57 bits per heavy atom. The molecule has 1 aromatic carbocycles. The van der Waals surface area contributed by atoms with Crippen LogP contribution in [0.3, 0.4) is 0 Å². The van der Waals surface area contributed by atoms with Crippen LogP contribution in [-0.4, -0.2) is 23.9 Å². The quantitative estimate of drug-likeness (QED) is 0.509. The summed E-state index contributed by atoms with van der Waals surface area (Å²) in [5, 5.41) is 0. The summed E-state index contributed by atoms with van der Waals surface area (Å²) in [6, 6.07) is 8.29. The van der Waals surface area contributed by atoms with E-state index in [1.807, 2.05) is 24.3 Å². The molecule has 0 spiro atoms. The molecule has 0 saturated heterocycles. The van der Waals surface area contributed by atoms with Crippen molar-refractivity contribution >= 4 is 5.91 Å². The standard InChI is InChI=1S/C17H27N3O/c1-17(2)10-8-14(9-11-17)20(3)12-13-6-4-5-7-15(13)16(21)19-18/h4-7,14H,8-12,18H2,1-3H3,(H,19,21). The van der Waals surface area contributed by atoms with Crippen LogP contribution in [0, 0.1) is 5.41 Å². The number of carbonyl (C=O) groups excluding carboxylic acids is 1. The van der Waals surface area contributed by atoms with Gasteiger partial charge in [0.2, 0.25) is 0 Å². The summed E-state index contributed by atoms with van der Waals surface area (Å²) in [5.41, 5.74) is 4.41. The van der Waals surface area contributed by atoms with Gasteiger partial charge in [-0.3, -0.25) is 15.1 Å². The number of benzene rings is 1. The number of hydrogen-bond donors (Lipinski definition) is 2. The number of hydrazine groups is 1. The van der Waals surface area contributed by atoms with E-state index in [1.165, 1.54) is 25.7 Å². The van der Waals surface area contributed by atoms with E-state index in [0.29, 0.717) is 17.0 Å². The minimum absolute atomic E-state index is 0.219. The highest BCUT2D eigenvalue weighted by molar-refractivity contribution is 5.95. The molecule has 0 bridgehead atoms. The number of nitrogen functional groups attached to an aromatic ring is 1. The molecule has 21 heavy (non-hydrogen) atoms. The second kappa shape index (κ2) is 6.58. The van der Waals surface area contributed by atoms with Gasteiger partial charge in [-0.2, -0.15) is 0 Å². The van der Waals surface area contributed by atoms with Crippen molar-refractivity contribution in [1.29, 1.82) is 0 Å². The molecule has 2 rings (SSSR count). The molecule has 1 aliphatic rings. The van der Waals surface area contributed by atoms with E-state index in [2.05, 4.69) is 31.2 Å². The maximum atomic E-state index is 11.8. The van der Waals surface area contributed by atoms with E-state index in [1.54, 1.807) is 0 Å². The molecule has 0 aromatic heterocycles. The Hall–Kier alpha value is -1.39. The first-order valence-electron chi connectivity index (χ1n) is 7.72. The molecule has 1 aromatic rings. The van der Waals surface area contributed by atoms with Gasteiger partial charge in [-0.05, 0) is 49.8 Å². The molecule has 1 amide bonds. The zero-order valence-corrected chi connectivity index (χ0v) is 13.4. The summed E-state index contributed by atoms with van der Waals surface area (Å²) < 4.78 is 0. The number of nitrogens with zero attached hydrogens (tertiary/aromatic N) is 1.